The molecule has 2 rings (SSSR count). The number of nitrogens with two attached hydrogens (primary N) is 1. The summed E-state index contributed by atoms with van der Waals surface area (Å²) < 4.78 is 10.7. The van der Waals surface area contributed by atoms with Crippen LogP contribution in [0.1, 0.15) is 36.8 Å². The molecule has 1 fully saturated rings. The number of benzene rings is 1. The fraction of sp³-hybridized carbons (Fsp3) is 0.571. The summed E-state index contributed by atoms with van der Waals surface area (Å²) in [4.78, 5) is 0. The second-order valence-electron chi connectivity index (χ2n) is 4.89. The van der Waals surface area contributed by atoms with Gasteiger partial charge in [-0.25, -0.2) is 0 Å². The van der Waals surface area contributed by atoms with Crippen LogP contribution in [0.5, 0.6) is 11.5 Å². The summed E-state index contributed by atoms with van der Waals surface area (Å²) >= 11 is 0. The molecular formula is C14H21NO2. The van der Waals surface area contributed by atoms with Gasteiger partial charge in [-0.05, 0) is 37.0 Å². The second kappa shape index (κ2) is 4.57. The third-order valence-corrected chi connectivity index (χ3v) is 3.74. The smallest absolute Gasteiger partial charge is 0.163 e. The highest BCUT2D eigenvalue weighted by molar-refractivity contribution is 5.50. The monoisotopic (exact) mass is 235 g/mol. The van der Waals surface area contributed by atoms with E-state index in [1.807, 2.05) is 13.0 Å². The summed E-state index contributed by atoms with van der Waals surface area (Å²) in [6, 6.07) is 4.16. The lowest BCUT2D eigenvalue weighted by Crippen LogP contribution is -2.33. The fourth-order valence-corrected chi connectivity index (χ4v) is 2.74. The number of methoxy groups -OCH3 is 2. The van der Waals surface area contributed by atoms with Crippen molar-refractivity contribution < 1.29 is 9.47 Å². The van der Waals surface area contributed by atoms with Gasteiger partial charge >= 0.3 is 0 Å². The van der Waals surface area contributed by atoms with Crippen LogP contribution in [0.2, 0.25) is 0 Å². The molecule has 0 unspecified atom stereocenters. The van der Waals surface area contributed by atoms with E-state index in [-0.39, 0.29) is 5.54 Å². The molecule has 0 saturated heterocycles. The zero-order valence-corrected chi connectivity index (χ0v) is 10.9. The second-order valence-corrected chi connectivity index (χ2v) is 4.89. The summed E-state index contributed by atoms with van der Waals surface area (Å²) in [5.74, 6) is 1.58. The molecule has 1 aliphatic rings. The van der Waals surface area contributed by atoms with Gasteiger partial charge in [0.25, 0.3) is 0 Å². The van der Waals surface area contributed by atoms with Crippen molar-refractivity contribution in [3.05, 3.63) is 23.3 Å². The molecule has 0 spiro atoms. The van der Waals surface area contributed by atoms with Crippen LogP contribution >= 0.6 is 0 Å². The predicted molar refractivity (Wildman–Crippen MR) is 68.6 cm³/mol. The molecule has 1 aromatic carbocycles. The topological polar surface area (TPSA) is 44.5 Å². The van der Waals surface area contributed by atoms with E-state index in [1.54, 1.807) is 14.2 Å². The Labute approximate surface area is 103 Å². The van der Waals surface area contributed by atoms with Gasteiger partial charge < -0.3 is 15.2 Å². The van der Waals surface area contributed by atoms with Gasteiger partial charge in [0.1, 0.15) is 0 Å². The fourth-order valence-electron chi connectivity index (χ4n) is 2.74. The first-order valence-electron chi connectivity index (χ1n) is 6.13. The third kappa shape index (κ3) is 2.12. The number of hydrogen-bond acceptors (Lipinski definition) is 3. The van der Waals surface area contributed by atoms with E-state index in [2.05, 4.69) is 6.07 Å². The highest BCUT2D eigenvalue weighted by Gasteiger charge is 2.32. The Balaban J connectivity index is 2.46. The van der Waals surface area contributed by atoms with Crippen molar-refractivity contribution in [2.24, 2.45) is 5.73 Å². The molecule has 0 bridgehead atoms. The lowest BCUT2D eigenvalue weighted by Gasteiger charge is -2.26. The number of rotatable bonds is 3. The van der Waals surface area contributed by atoms with Gasteiger partial charge in [0.05, 0.1) is 14.2 Å². The van der Waals surface area contributed by atoms with E-state index >= 15 is 0 Å². The largest absolute Gasteiger partial charge is 0.493 e. The molecule has 0 aromatic heterocycles. The van der Waals surface area contributed by atoms with Gasteiger partial charge in [0.15, 0.2) is 11.5 Å². The van der Waals surface area contributed by atoms with E-state index in [1.165, 1.54) is 18.4 Å². The summed E-state index contributed by atoms with van der Waals surface area (Å²) in [6.45, 7) is 2.03. The van der Waals surface area contributed by atoms with Crippen molar-refractivity contribution in [2.75, 3.05) is 14.2 Å². The first kappa shape index (κ1) is 12.2. The summed E-state index contributed by atoms with van der Waals surface area (Å²) in [7, 11) is 3.33. The van der Waals surface area contributed by atoms with E-state index in [0.717, 1.165) is 29.9 Å². The Morgan fingerprint density at radius 3 is 2.29 bits per heavy atom. The van der Waals surface area contributed by atoms with Crippen LogP contribution in [0.15, 0.2) is 12.1 Å². The molecule has 0 aliphatic heterocycles. The van der Waals surface area contributed by atoms with Crippen LogP contribution in [0.3, 0.4) is 0 Å². The van der Waals surface area contributed by atoms with Gasteiger partial charge in [-0.3, -0.25) is 0 Å². The van der Waals surface area contributed by atoms with Gasteiger partial charge in [0, 0.05) is 5.54 Å². The summed E-state index contributed by atoms with van der Waals surface area (Å²) in [5.41, 5.74) is 8.55. The average molecular weight is 235 g/mol. The van der Waals surface area contributed by atoms with E-state index in [9.17, 15) is 0 Å². The van der Waals surface area contributed by atoms with Gasteiger partial charge in [-0.1, -0.05) is 18.9 Å². The molecule has 0 atom stereocenters. The van der Waals surface area contributed by atoms with Gasteiger partial charge in [-0.2, -0.15) is 0 Å². The molecule has 1 aliphatic carbocycles. The lowest BCUT2D eigenvalue weighted by atomic mass is 9.88. The summed E-state index contributed by atoms with van der Waals surface area (Å²) in [5, 5.41) is 0. The molecule has 0 amide bonds. The van der Waals surface area contributed by atoms with Crippen LogP contribution < -0.4 is 15.2 Å². The average Bonchev–Trinajstić information content (AvgIpc) is 2.76. The van der Waals surface area contributed by atoms with Crippen LogP contribution in [0.25, 0.3) is 0 Å². The van der Waals surface area contributed by atoms with Gasteiger partial charge in [0.2, 0.25) is 0 Å². The zero-order valence-electron chi connectivity index (χ0n) is 10.9. The molecule has 0 heterocycles. The zero-order chi connectivity index (χ0) is 12.5. The third-order valence-electron chi connectivity index (χ3n) is 3.74. The molecule has 2 N–H and O–H groups in total. The summed E-state index contributed by atoms with van der Waals surface area (Å²) in [6.07, 6.45) is 4.54. The minimum atomic E-state index is -0.176. The molecule has 94 valence electrons. The lowest BCUT2D eigenvalue weighted by molar-refractivity contribution is 0.350. The first-order valence-corrected chi connectivity index (χ1v) is 6.13. The highest BCUT2D eigenvalue weighted by atomic mass is 16.5. The van der Waals surface area contributed by atoms with E-state index in [0.29, 0.717) is 0 Å². The Hall–Kier alpha value is -1.22. The molecule has 17 heavy (non-hydrogen) atoms. The van der Waals surface area contributed by atoms with Crippen molar-refractivity contribution in [3.63, 3.8) is 0 Å². The highest BCUT2D eigenvalue weighted by Crippen LogP contribution is 2.41. The number of aryl methyl sites for hydroxylation is 1. The van der Waals surface area contributed by atoms with Crippen molar-refractivity contribution >= 4 is 0 Å². The van der Waals surface area contributed by atoms with Crippen LogP contribution in [-0.4, -0.2) is 14.2 Å². The predicted octanol–water partition coefficient (Wildman–Crippen LogP) is 2.74. The van der Waals surface area contributed by atoms with Crippen LogP contribution in [0.4, 0.5) is 0 Å². The molecule has 3 heteroatoms. The van der Waals surface area contributed by atoms with Crippen molar-refractivity contribution in [1.82, 2.24) is 0 Å². The minimum Gasteiger partial charge on any atom is -0.493 e. The molecule has 0 radical (unpaired) electrons. The Bertz CT molecular complexity index is 409. The maximum Gasteiger partial charge on any atom is 0.163 e. The first-order chi connectivity index (χ1) is 8.10. The quantitative estimate of drug-likeness (QED) is 0.876. The molecular weight excluding hydrogens is 214 g/mol. The Morgan fingerprint density at radius 1 is 1.12 bits per heavy atom. The van der Waals surface area contributed by atoms with Gasteiger partial charge in [-0.15, -0.1) is 0 Å². The Kier molecular flexibility index (Phi) is 3.29. The van der Waals surface area contributed by atoms with Crippen LogP contribution in [0, 0.1) is 6.92 Å². The number of hydrogen-bond donors (Lipinski definition) is 1. The van der Waals surface area contributed by atoms with E-state index < -0.39 is 0 Å². The Morgan fingerprint density at radius 2 is 1.76 bits per heavy atom. The molecule has 3 nitrogen and oxygen atoms in total. The maximum atomic E-state index is 6.47. The molecule has 1 saturated carbocycles. The minimum absolute atomic E-state index is 0.176. The maximum absolute atomic E-state index is 6.47. The molecule has 1 aromatic rings. The number of ether oxygens (including phenoxy) is 2. The van der Waals surface area contributed by atoms with Crippen molar-refractivity contribution in [1.29, 1.82) is 0 Å². The normalized spacial score (nSPS) is 18.1. The van der Waals surface area contributed by atoms with Crippen LogP contribution in [-0.2, 0) is 5.54 Å². The van der Waals surface area contributed by atoms with E-state index in [4.69, 9.17) is 15.2 Å². The van der Waals surface area contributed by atoms with Crippen molar-refractivity contribution in [2.45, 2.75) is 38.1 Å². The standard InChI is InChI=1S/C14H21NO2/c1-10-8-11(14(15)6-4-5-7-14)9-12(16-2)13(10)17-3/h8-9H,4-7,15H2,1-3H3. The SMILES string of the molecule is COc1cc(C2(N)CCCC2)cc(C)c1OC. The van der Waals surface area contributed by atoms with Crippen molar-refractivity contribution in [3.8, 4) is 11.5 Å².